The van der Waals surface area contributed by atoms with E-state index in [4.69, 9.17) is 13.3 Å². The number of allylic oxidation sites excluding steroid dienone is 5. The molecule has 0 bridgehead atoms. The minimum absolute atomic E-state index is 0.889. The fourth-order valence-corrected chi connectivity index (χ4v) is 16.2. The average molecular weight is 580 g/mol. The van der Waals surface area contributed by atoms with Crippen LogP contribution in [0.3, 0.4) is 0 Å². The van der Waals surface area contributed by atoms with E-state index in [9.17, 15) is 0 Å². The number of unbranched alkanes of at least 4 members (excludes halogenated alkanes) is 1. The van der Waals surface area contributed by atoms with E-state index in [-0.39, 0.29) is 0 Å². The third-order valence-electron chi connectivity index (χ3n) is 5.11. The van der Waals surface area contributed by atoms with Crippen LogP contribution in [0.15, 0.2) is 33.5 Å². The second-order valence-corrected chi connectivity index (χ2v) is 27.3. The van der Waals surface area contributed by atoms with Gasteiger partial charge in [-0.3, -0.25) is 0 Å². The van der Waals surface area contributed by atoms with Crippen molar-refractivity contribution in [1.29, 1.82) is 0 Å². The van der Waals surface area contributed by atoms with Gasteiger partial charge in [-0.2, -0.15) is 0 Å². The third kappa shape index (κ3) is 6.11. The van der Waals surface area contributed by atoms with Crippen LogP contribution in [-0.2, 0) is 29.3 Å². The molecule has 1 aliphatic carbocycles. The van der Waals surface area contributed by atoms with Gasteiger partial charge in [0.1, 0.15) is 0 Å². The van der Waals surface area contributed by atoms with E-state index >= 15 is 0 Å². The van der Waals surface area contributed by atoms with Crippen LogP contribution in [0.4, 0.5) is 0 Å². The molecule has 0 heterocycles. The summed E-state index contributed by atoms with van der Waals surface area (Å²) in [6.45, 7) is 9.08. The molecule has 1 aliphatic rings. The molecule has 0 atom stereocenters. The summed E-state index contributed by atoms with van der Waals surface area (Å²) in [5, 5.41) is 9.39. The van der Waals surface area contributed by atoms with Gasteiger partial charge < -0.3 is 0 Å². The van der Waals surface area contributed by atoms with Crippen molar-refractivity contribution in [2.75, 3.05) is 21.3 Å². The van der Waals surface area contributed by atoms with Crippen molar-refractivity contribution in [3.8, 4) is 0 Å². The second-order valence-electron chi connectivity index (χ2n) is 7.98. The van der Waals surface area contributed by atoms with Crippen molar-refractivity contribution in [2.45, 2.75) is 66.8 Å². The van der Waals surface area contributed by atoms with Gasteiger partial charge in [0.05, 0.1) is 0 Å². The number of hydrogen-bond donors (Lipinski definition) is 0. The normalized spacial score (nSPS) is 16.8. The molecule has 0 radical (unpaired) electrons. The Morgan fingerprint density at radius 1 is 1.08 bits per heavy atom. The summed E-state index contributed by atoms with van der Waals surface area (Å²) in [6, 6.07) is 2.06. The number of hydrogen-bond acceptors (Lipinski definition) is 3. The Morgan fingerprint density at radius 2 is 1.65 bits per heavy atom. The summed E-state index contributed by atoms with van der Waals surface area (Å²) in [6.07, 6.45) is 9.29. The van der Waals surface area contributed by atoms with Gasteiger partial charge in [0, 0.05) is 0 Å². The monoisotopic (exact) mass is 579 g/mol. The Bertz CT molecular complexity index is 535. The van der Waals surface area contributed by atoms with Crippen molar-refractivity contribution < 1.29 is 29.3 Å². The predicted molar refractivity (Wildman–Crippen MR) is 115 cm³/mol. The zero-order valence-electron chi connectivity index (χ0n) is 18.1. The van der Waals surface area contributed by atoms with Crippen LogP contribution in [-0.4, -0.2) is 38.2 Å². The van der Waals surface area contributed by atoms with Crippen LogP contribution >= 0.6 is 0 Å². The van der Waals surface area contributed by atoms with Crippen molar-refractivity contribution in [1.82, 2.24) is 0 Å². The molecule has 0 fully saturated rings. The average Bonchev–Trinajstić information content (AvgIpc) is 3.01. The summed E-state index contributed by atoms with van der Waals surface area (Å²) in [5.74, 6) is 0. The minimum atomic E-state index is -2.43. The van der Waals surface area contributed by atoms with Gasteiger partial charge in [0.25, 0.3) is 0 Å². The van der Waals surface area contributed by atoms with E-state index < -0.39 is 32.9 Å². The first-order valence-corrected chi connectivity index (χ1v) is 22.2. The van der Waals surface area contributed by atoms with E-state index in [1.165, 1.54) is 25.3 Å². The zero-order valence-corrected chi connectivity index (χ0v) is 22.4. The van der Waals surface area contributed by atoms with E-state index in [0.29, 0.717) is 0 Å². The van der Waals surface area contributed by atoms with Crippen LogP contribution in [0.5, 0.6) is 0 Å². The third-order valence-corrected chi connectivity index (χ3v) is 16.9. The van der Waals surface area contributed by atoms with E-state index in [1.54, 1.807) is 32.1 Å². The molecular formula is C20H40O3PtSi2. The van der Waals surface area contributed by atoms with Gasteiger partial charge >= 0.3 is 168 Å². The van der Waals surface area contributed by atoms with E-state index in [1.807, 2.05) is 3.96 Å². The fourth-order valence-electron chi connectivity index (χ4n) is 3.69. The van der Waals surface area contributed by atoms with Crippen LogP contribution in [0.1, 0.15) is 25.7 Å². The molecule has 0 N–H and O–H groups in total. The Morgan fingerprint density at radius 3 is 2.12 bits per heavy atom. The molecule has 0 saturated carbocycles. The second kappa shape index (κ2) is 10.1. The molecule has 26 heavy (non-hydrogen) atoms. The molecule has 0 unspecified atom stereocenters. The molecular weight excluding hydrogens is 539 g/mol. The maximum atomic E-state index is 5.55. The summed E-state index contributed by atoms with van der Waals surface area (Å²) >= 11 is -1.75. The van der Waals surface area contributed by atoms with Crippen LogP contribution in [0.2, 0.25) is 41.1 Å². The zero-order chi connectivity index (χ0) is 20.0. The number of rotatable bonds is 12. The Balaban J connectivity index is 2.86. The van der Waals surface area contributed by atoms with Crippen molar-refractivity contribution in [3.63, 3.8) is 0 Å². The molecule has 156 valence electrons. The molecule has 0 aromatic heterocycles. The van der Waals surface area contributed by atoms with Crippen molar-refractivity contribution in [2.24, 2.45) is 0 Å². The van der Waals surface area contributed by atoms with Crippen LogP contribution < -0.4 is 0 Å². The SMILES string of the molecule is C=CC[Si](C)(C)C1=[C]([Pt]([CH3])([CH3])[CH3])CC=C1CCCC[Si](OC)(OC)OC. The fraction of sp³-hybridized carbons (Fsp3) is 0.700. The van der Waals surface area contributed by atoms with Crippen molar-refractivity contribution in [3.05, 3.63) is 33.5 Å². The first-order valence-electron chi connectivity index (χ1n) is 9.12. The van der Waals surface area contributed by atoms with Gasteiger partial charge in [-0.1, -0.05) is 0 Å². The topological polar surface area (TPSA) is 27.7 Å². The molecule has 0 aromatic rings. The Hall–Kier alpha value is 0.222. The maximum absolute atomic E-state index is 5.55. The van der Waals surface area contributed by atoms with E-state index in [0.717, 1.165) is 12.5 Å². The predicted octanol–water partition coefficient (Wildman–Crippen LogP) is 6.35. The Kier molecular flexibility index (Phi) is 9.45. The van der Waals surface area contributed by atoms with Gasteiger partial charge in [-0.15, -0.1) is 0 Å². The molecule has 1 rings (SSSR count). The van der Waals surface area contributed by atoms with Gasteiger partial charge in [-0.25, -0.2) is 0 Å². The van der Waals surface area contributed by atoms with Gasteiger partial charge in [0.15, 0.2) is 0 Å². The molecule has 3 nitrogen and oxygen atoms in total. The molecule has 0 aromatic carbocycles. The van der Waals surface area contributed by atoms with Crippen LogP contribution in [0, 0.1) is 0 Å². The summed E-state index contributed by atoms with van der Waals surface area (Å²) in [7, 11) is 1.22. The van der Waals surface area contributed by atoms with E-state index in [2.05, 4.69) is 47.8 Å². The molecule has 0 saturated heterocycles. The van der Waals surface area contributed by atoms with Gasteiger partial charge in [0.2, 0.25) is 0 Å². The summed E-state index contributed by atoms with van der Waals surface area (Å²) in [5.41, 5.74) is 1.64. The summed E-state index contributed by atoms with van der Waals surface area (Å²) < 4.78 is 18.5. The molecule has 0 spiro atoms. The standard InChI is InChI=1S/C17H31O3Si2.3CH3.Pt/c1-7-14-21(5,6)17-13-10-12-16(17)11-8-9-15-22(18-2,19-3)20-4;;;;/h7,12H,1,8-11,14-15H2,2-6H3;3*1H3;. The Labute approximate surface area is 167 Å². The van der Waals surface area contributed by atoms with Crippen LogP contribution in [0.25, 0.3) is 0 Å². The molecule has 0 amide bonds. The quantitative estimate of drug-likeness (QED) is 0.153. The molecule has 6 heteroatoms. The van der Waals surface area contributed by atoms with Gasteiger partial charge in [-0.05, 0) is 0 Å². The first-order chi connectivity index (χ1) is 12.1. The van der Waals surface area contributed by atoms with Crippen molar-refractivity contribution >= 4 is 16.9 Å². The summed E-state index contributed by atoms with van der Waals surface area (Å²) in [4.78, 5) is 0. The first kappa shape index (κ1) is 24.3. The molecule has 0 aliphatic heterocycles.